The molecule has 0 bridgehead atoms. The molecule has 0 atom stereocenters. The summed E-state index contributed by atoms with van der Waals surface area (Å²) < 4.78 is 0. The fourth-order valence-corrected chi connectivity index (χ4v) is 0. The van der Waals surface area contributed by atoms with E-state index in [0.29, 0.717) is 0 Å². The Bertz CT molecular complexity index is 60.8. The molecule has 0 aliphatic carbocycles. The average molecular weight is 299 g/mol. The maximum absolute atomic E-state index is 8.19. The van der Waals surface area contributed by atoms with Crippen LogP contribution < -0.4 is 0 Å². The topological polar surface area (TPSA) is 40.5 Å². The SMILES string of the molecule is CC(C)C(O)O.[Cl][Rh]([Cl])[Cl]. The van der Waals surface area contributed by atoms with E-state index in [1.54, 1.807) is 13.8 Å². The molecule has 0 aromatic carbocycles. The molecule has 0 spiro atoms. The molecular formula is C4H10Cl3O2Rh. The fourth-order valence-electron chi connectivity index (χ4n) is 0. The third-order valence-electron chi connectivity index (χ3n) is 0.596. The van der Waals surface area contributed by atoms with Crippen LogP contribution in [0, 0.1) is 5.92 Å². The van der Waals surface area contributed by atoms with Gasteiger partial charge in [0.1, 0.15) is 0 Å². The number of hydrogen-bond donors (Lipinski definition) is 2. The van der Waals surface area contributed by atoms with Gasteiger partial charge in [-0.2, -0.15) is 0 Å². The third-order valence-corrected chi connectivity index (χ3v) is 0.596. The van der Waals surface area contributed by atoms with Crippen LogP contribution >= 0.6 is 29.1 Å². The maximum atomic E-state index is 8.19. The van der Waals surface area contributed by atoms with Crippen LogP contribution in [0.15, 0.2) is 0 Å². The molecule has 0 aromatic rings. The number of rotatable bonds is 1. The zero-order valence-electron chi connectivity index (χ0n) is 5.52. The molecule has 0 radical (unpaired) electrons. The molecule has 2 nitrogen and oxygen atoms in total. The minimum absolute atomic E-state index is 0.0370. The molecule has 2 N–H and O–H groups in total. The van der Waals surface area contributed by atoms with Crippen molar-refractivity contribution in [2.75, 3.05) is 0 Å². The number of aliphatic hydroxyl groups is 2. The first-order valence-electron chi connectivity index (χ1n) is 2.38. The van der Waals surface area contributed by atoms with Crippen LogP contribution in [0.1, 0.15) is 13.8 Å². The molecule has 0 saturated heterocycles. The second-order valence-electron chi connectivity index (χ2n) is 1.80. The van der Waals surface area contributed by atoms with Crippen molar-refractivity contribution in [3.63, 3.8) is 0 Å². The zero-order valence-corrected chi connectivity index (χ0v) is 9.42. The van der Waals surface area contributed by atoms with E-state index in [2.05, 4.69) is 0 Å². The molecule has 0 heterocycles. The van der Waals surface area contributed by atoms with Gasteiger partial charge in [-0.15, -0.1) is 0 Å². The summed E-state index contributed by atoms with van der Waals surface area (Å²) in [6.07, 6.45) is -1.15. The fraction of sp³-hybridized carbons (Fsp3) is 1.00. The van der Waals surface area contributed by atoms with Gasteiger partial charge in [0.05, 0.1) is 0 Å². The molecule has 0 unspecified atom stereocenters. The van der Waals surface area contributed by atoms with E-state index in [9.17, 15) is 0 Å². The van der Waals surface area contributed by atoms with E-state index in [4.69, 9.17) is 39.3 Å². The molecule has 0 aromatic heterocycles. The number of halogens is 3. The third kappa shape index (κ3) is 22.7. The summed E-state index contributed by atoms with van der Waals surface area (Å²) in [6, 6.07) is 0. The Labute approximate surface area is 78.1 Å². The van der Waals surface area contributed by atoms with E-state index < -0.39 is 19.3 Å². The summed E-state index contributed by atoms with van der Waals surface area (Å²) >= 11 is -1.66. The van der Waals surface area contributed by atoms with Crippen LogP contribution in [0.25, 0.3) is 0 Å². The number of hydrogen-bond acceptors (Lipinski definition) is 2. The van der Waals surface area contributed by atoms with Crippen LogP contribution in [0.4, 0.5) is 0 Å². The molecule has 0 amide bonds. The summed E-state index contributed by atoms with van der Waals surface area (Å²) in [5.74, 6) is -0.0370. The zero-order chi connectivity index (χ0) is 8.73. The first-order valence-corrected chi connectivity index (χ1v) is 8.71. The van der Waals surface area contributed by atoms with Gasteiger partial charge in [-0.25, -0.2) is 0 Å². The van der Waals surface area contributed by atoms with Crippen molar-refractivity contribution in [1.29, 1.82) is 0 Å². The van der Waals surface area contributed by atoms with E-state index in [1.807, 2.05) is 0 Å². The standard InChI is InChI=1S/C4H10O2.3ClH.Rh/c1-3(2)4(5)6;;;;/h3-6H,1-2H3;3*1H;/q;;;;+3/p-3. The summed E-state index contributed by atoms with van der Waals surface area (Å²) in [5.41, 5.74) is 0. The van der Waals surface area contributed by atoms with Crippen LogP contribution in [0.3, 0.4) is 0 Å². The van der Waals surface area contributed by atoms with Gasteiger partial charge in [0, 0.05) is 5.92 Å². The van der Waals surface area contributed by atoms with Gasteiger partial charge in [0.15, 0.2) is 6.29 Å². The Kier molecular flexibility index (Phi) is 11.9. The van der Waals surface area contributed by atoms with E-state index in [0.717, 1.165) is 0 Å². The Hall–Kier alpha value is 1.41. The van der Waals surface area contributed by atoms with Gasteiger partial charge in [-0.05, 0) is 0 Å². The van der Waals surface area contributed by atoms with Crippen LogP contribution in [-0.4, -0.2) is 16.5 Å². The van der Waals surface area contributed by atoms with Crippen molar-refractivity contribution in [1.82, 2.24) is 0 Å². The predicted octanol–water partition coefficient (Wildman–Crippen LogP) is 2.02. The Balaban J connectivity index is 0. The van der Waals surface area contributed by atoms with Crippen LogP contribution in [-0.2, 0) is 13.0 Å². The Morgan fingerprint density at radius 1 is 1.10 bits per heavy atom. The van der Waals surface area contributed by atoms with E-state index in [1.165, 1.54) is 0 Å². The molecule has 0 aliphatic rings. The molecule has 0 fully saturated rings. The molecule has 6 heteroatoms. The van der Waals surface area contributed by atoms with Crippen LogP contribution in [0.2, 0.25) is 0 Å². The number of aliphatic hydroxyl groups excluding tert-OH is 1. The summed E-state index contributed by atoms with van der Waals surface area (Å²) in [6.45, 7) is 3.48. The van der Waals surface area contributed by atoms with Crippen LogP contribution in [0.5, 0.6) is 0 Å². The van der Waals surface area contributed by atoms with Gasteiger partial charge in [-0.1, -0.05) is 13.8 Å². The summed E-state index contributed by atoms with van der Waals surface area (Å²) in [4.78, 5) is 0. The second-order valence-corrected chi connectivity index (χ2v) is 9.26. The first-order chi connectivity index (χ1) is 4.37. The van der Waals surface area contributed by atoms with E-state index >= 15 is 0 Å². The molecule has 0 aliphatic heterocycles. The Morgan fingerprint density at radius 3 is 1.20 bits per heavy atom. The second kappa shape index (κ2) is 8.51. The average Bonchev–Trinajstić information content (AvgIpc) is 1.63. The molecule has 10 heavy (non-hydrogen) atoms. The minimum atomic E-state index is -1.66. The van der Waals surface area contributed by atoms with Crippen molar-refractivity contribution in [3.05, 3.63) is 0 Å². The Morgan fingerprint density at radius 2 is 1.20 bits per heavy atom. The van der Waals surface area contributed by atoms with Gasteiger partial charge in [0.2, 0.25) is 0 Å². The van der Waals surface area contributed by atoms with Gasteiger partial charge in [-0.3, -0.25) is 0 Å². The predicted molar refractivity (Wildman–Crippen MR) is 40.6 cm³/mol. The molecule has 0 saturated carbocycles. The van der Waals surface area contributed by atoms with Crippen molar-refractivity contribution in [2.24, 2.45) is 5.92 Å². The normalized spacial score (nSPS) is 11.1. The van der Waals surface area contributed by atoms with Gasteiger partial charge >= 0.3 is 42.1 Å². The van der Waals surface area contributed by atoms with Crippen molar-refractivity contribution >= 4 is 29.1 Å². The molecule has 0 rings (SSSR count). The van der Waals surface area contributed by atoms with Crippen molar-refractivity contribution in [3.8, 4) is 0 Å². The quantitative estimate of drug-likeness (QED) is 0.574. The van der Waals surface area contributed by atoms with E-state index in [-0.39, 0.29) is 5.92 Å². The first kappa shape index (κ1) is 14.0. The summed E-state index contributed by atoms with van der Waals surface area (Å²) in [5, 5.41) is 16.4. The summed E-state index contributed by atoms with van der Waals surface area (Å²) in [7, 11) is 14.8. The van der Waals surface area contributed by atoms with Crippen molar-refractivity contribution in [2.45, 2.75) is 20.1 Å². The van der Waals surface area contributed by atoms with Crippen molar-refractivity contribution < 1.29 is 23.2 Å². The molecular weight excluding hydrogens is 289 g/mol. The van der Waals surface area contributed by atoms with Gasteiger partial charge < -0.3 is 10.2 Å². The monoisotopic (exact) mass is 298 g/mol. The molecule has 68 valence electrons. The van der Waals surface area contributed by atoms with Gasteiger partial charge in [0.25, 0.3) is 0 Å².